The SMILES string of the molecule is O=C(Nc1ccccc1)c1cnc(N2CCOCC2)nc1CCNC1CCOCC1. The number of carbonyl (C=O) groups is 1. The second-order valence-electron chi connectivity index (χ2n) is 7.54. The molecule has 8 heteroatoms. The molecular weight excluding hydrogens is 382 g/mol. The van der Waals surface area contributed by atoms with Crippen molar-refractivity contribution in [3.8, 4) is 0 Å². The maximum absolute atomic E-state index is 12.9. The zero-order valence-corrected chi connectivity index (χ0v) is 17.2. The van der Waals surface area contributed by atoms with Crippen LogP contribution in [0.4, 0.5) is 11.6 Å². The highest BCUT2D eigenvalue weighted by Gasteiger charge is 2.20. The van der Waals surface area contributed by atoms with Crippen molar-refractivity contribution in [3.63, 3.8) is 0 Å². The molecular formula is C22H29N5O3. The predicted molar refractivity (Wildman–Crippen MR) is 115 cm³/mol. The van der Waals surface area contributed by atoms with Crippen LogP contribution >= 0.6 is 0 Å². The molecule has 0 bridgehead atoms. The Balaban J connectivity index is 1.48. The summed E-state index contributed by atoms with van der Waals surface area (Å²) in [4.78, 5) is 24.3. The van der Waals surface area contributed by atoms with Gasteiger partial charge in [-0.3, -0.25) is 4.79 Å². The number of nitrogens with one attached hydrogen (secondary N) is 2. The molecule has 2 N–H and O–H groups in total. The number of hydrogen-bond acceptors (Lipinski definition) is 7. The molecule has 1 aromatic carbocycles. The van der Waals surface area contributed by atoms with Gasteiger partial charge in [-0.2, -0.15) is 0 Å². The van der Waals surface area contributed by atoms with Crippen LogP contribution in [0, 0.1) is 0 Å². The molecule has 0 radical (unpaired) electrons. The summed E-state index contributed by atoms with van der Waals surface area (Å²) < 4.78 is 10.9. The Morgan fingerprint density at radius 1 is 1.07 bits per heavy atom. The van der Waals surface area contributed by atoms with Gasteiger partial charge < -0.3 is 25.0 Å². The van der Waals surface area contributed by atoms with E-state index in [4.69, 9.17) is 14.5 Å². The van der Waals surface area contributed by atoms with E-state index in [1.165, 1.54) is 0 Å². The third-order valence-electron chi connectivity index (χ3n) is 5.44. The lowest BCUT2D eigenvalue weighted by molar-refractivity contribution is 0.0782. The van der Waals surface area contributed by atoms with Crippen LogP contribution in [0.25, 0.3) is 0 Å². The Bertz CT molecular complexity index is 821. The van der Waals surface area contributed by atoms with Crippen LogP contribution in [0.2, 0.25) is 0 Å². The lowest BCUT2D eigenvalue weighted by Gasteiger charge is -2.27. The lowest BCUT2D eigenvalue weighted by Crippen LogP contribution is -2.38. The van der Waals surface area contributed by atoms with Crippen LogP contribution in [-0.4, -0.2) is 68.0 Å². The van der Waals surface area contributed by atoms with Gasteiger partial charge in [-0.25, -0.2) is 9.97 Å². The number of aromatic nitrogens is 2. The van der Waals surface area contributed by atoms with E-state index >= 15 is 0 Å². The van der Waals surface area contributed by atoms with Crippen LogP contribution < -0.4 is 15.5 Å². The number of anilines is 2. The van der Waals surface area contributed by atoms with Crippen molar-refractivity contribution in [2.24, 2.45) is 0 Å². The molecule has 0 aliphatic carbocycles. The van der Waals surface area contributed by atoms with E-state index in [0.717, 1.165) is 57.1 Å². The van der Waals surface area contributed by atoms with Crippen LogP contribution in [0.3, 0.4) is 0 Å². The summed E-state index contributed by atoms with van der Waals surface area (Å²) in [6.07, 6.45) is 4.35. The third-order valence-corrected chi connectivity index (χ3v) is 5.44. The number of nitrogens with zero attached hydrogens (tertiary/aromatic N) is 3. The first kappa shape index (κ1) is 20.7. The Kier molecular flexibility index (Phi) is 7.23. The maximum atomic E-state index is 12.9. The molecule has 0 unspecified atom stereocenters. The van der Waals surface area contributed by atoms with Gasteiger partial charge in [-0.05, 0) is 25.0 Å². The molecule has 3 heterocycles. The van der Waals surface area contributed by atoms with Crippen molar-refractivity contribution < 1.29 is 14.3 Å². The second kappa shape index (κ2) is 10.5. The molecule has 1 amide bonds. The number of morpholine rings is 1. The molecule has 2 fully saturated rings. The molecule has 2 aliphatic rings. The molecule has 0 spiro atoms. The third kappa shape index (κ3) is 5.53. The van der Waals surface area contributed by atoms with E-state index in [1.54, 1.807) is 6.20 Å². The van der Waals surface area contributed by atoms with E-state index in [-0.39, 0.29) is 5.91 Å². The Morgan fingerprint density at radius 3 is 2.57 bits per heavy atom. The molecule has 4 rings (SSSR count). The van der Waals surface area contributed by atoms with Crippen LogP contribution in [0.5, 0.6) is 0 Å². The quantitative estimate of drug-likeness (QED) is 0.719. The fraction of sp³-hybridized carbons (Fsp3) is 0.500. The van der Waals surface area contributed by atoms with Crippen LogP contribution in [0.1, 0.15) is 28.9 Å². The van der Waals surface area contributed by atoms with Crippen molar-refractivity contribution >= 4 is 17.5 Å². The first-order valence-corrected chi connectivity index (χ1v) is 10.7. The van der Waals surface area contributed by atoms with Gasteiger partial charge in [0.1, 0.15) is 0 Å². The zero-order valence-electron chi connectivity index (χ0n) is 17.2. The highest BCUT2D eigenvalue weighted by Crippen LogP contribution is 2.16. The fourth-order valence-electron chi connectivity index (χ4n) is 3.72. The first-order valence-electron chi connectivity index (χ1n) is 10.7. The number of para-hydroxylation sites is 1. The van der Waals surface area contributed by atoms with Gasteiger partial charge in [0.15, 0.2) is 0 Å². The summed E-state index contributed by atoms with van der Waals surface area (Å²) in [5, 5.41) is 6.53. The van der Waals surface area contributed by atoms with Gasteiger partial charge >= 0.3 is 0 Å². The van der Waals surface area contributed by atoms with Gasteiger partial charge in [-0.15, -0.1) is 0 Å². The van der Waals surface area contributed by atoms with Crippen molar-refractivity contribution in [1.82, 2.24) is 15.3 Å². The normalized spacial score (nSPS) is 17.7. The Labute approximate surface area is 177 Å². The average Bonchev–Trinajstić information content (AvgIpc) is 2.81. The van der Waals surface area contributed by atoms with E-state index in [1.807, 2.05) is 30.3 Å². The molecule has 8 nitrogen and oxygen atoms in total. The van der Waals surface area contributed by atoms with Gasteiger partial charge in [0.25, 0.3) is 5.91 Å². The summed E-state index contributed by atoms with van der Waals surface area (Å²) in [6, 6.07) is 9.91. The highest BCUT2D eigenvalue weighted by atomic mass is 16.5. The maximum Gasteiger partial charge on any atom is 0.259 e. The molecule has 160 valence electrons. The predicted octanol–water partition coefficient (Wildman–Crippen LogP) is 1.88. The second-order valence-corrected chi connectivity index (χ2v) is 7.54. The Morgan fingerprint density at radius 2 is 1.80 bits per heavy atom. The van der Waals surface area contributed by atoms with E-state index < -0.39 is 0 Å². The van der Waals surface area contributed by atoms with Crippen LogP contribution in [-0.2, 0) is 15.9 Å². The summed E-state index contributed by atoms with van der Waals surface area (Å²) in [7, 11) is 0. The summed E-state index contributed by atoms with van der Waals surface area (Å²) >= 11 is 0. The molecule has 2 saturated heterocycles. The largest absolute Gasteiger partial charge is 0.381 e. The number of benzene rings is 1. The number of hydrogen-bond donors (Lipinski definition) is 2. The zero-order chi connectivity index (χ0) is 20.6. The Hall–Kier alpha value is -2.55. The van der Waals surface area contributed by atoms with Gasteiger partial charge in [0.05, 0.1) is 24.5 Å². The number of amides is 1. The lowest BCUT2D eigenvalue weighted by atomic mass is 10.1. The molecule has 2 aliphatic heterocycles. The molecule has 2 aromatic rings. The van der Waals surface area contributed by atoms with Crippen molar-refractivity contribution in [1.29, 1.82) is 0 Å². The topological polar surface area (TPSA) is 88.6 Å². The standard InChI is InChI=1S/C22H29N5O3/c28-21(25-18-4-2-1-3-5-18)19-16-24-22(27-10-14-30-15-11-27)26-20(19)6-9-23-17-7-12-29-13-8-17/h1-5,16-17,23H,6-15H2,(H,25,28). The minimum absolute atomic E-state index is 0.184. The van der Waals surface area contributed by atoms with Gasteiger partial charge in [0.2, 0.25) is 5.95 Å². The number of carbonyl (C=O) groups excluding carboxylic acids is 1. The van der Waals surface area contributed by atoms with E-state index in [0.29, 0.717) is 37.2 Å². The summed E-state index contributed by atoms with van der Waals surface area (Å²) in [5.74, 6) is 0.478. The monoisotopic (exact) mass is 411 g/mol. The minimum atomic E-state index is -0.184. The first-order chi connectivity index (χ1) is 14.8. The minimum Gasteiger partial charge on any atom is -0.381 e. The summed E-state index contributed by atoms with van der Waals surface area (Å²) in [5.41, 5.74) is 2.04. The van der Waals surface area contributed by atoms with Crippen molar-refractivity contribution in [3.05, 3.63) is 47.8 Å². The van der Waals surface area contributed by atoms with Crippen LogP contribution in [0.15, 0.2) is 36.5 Å². The van der Waals surface area contributed by atoms with E-state index in [2.05, 4.69) is 20.5 Å². The fourth-order valence-corrected chi connectivity index (χ4v) is 3.72. The van der Waals surface area contributed by atoms with E-state index in [9.17, 15) is 4.79 Å². The molecule has 0 atom stereocenters. The number of rotatable bonds is 7. The molecule has 0 saturated carbocycles. The van der Waals surface area contributed by atoms with Crippen molar-refractivity contribution in [2.45, 2.75) is 25.3 Å². The van der Waals surface area contributed by atoms with Crippen molar-refractivity contribution in [2.75, 3.05) is 56.3 Å². The highest BCUT2D eigenvalue weighted by molar-refractivity contribution is 6.04. The smallest absolute Gasteiger partial charge is 0.259 e. The van der Waals surface area contributed by atoms with Gasteiger partial charge in [0, 0.05) is 57.2 Å². The molecule has 30 heavy (non-hydrogen) atoms. The molecule has 1 aromatic heterocycles. The average molecular weight is 412 g/mol. The summed E-state index contributed by atoms with van der Waals surface area (Å²) in [6.45, 7) is 5.22. The van der Waals surface area contributed by atoms with Gasteiger partial charge in [-0.1, -0.05) is 18.2 Å². The number of ether oxygens (including phenoxy) is 2.